The number of hydrogen-bond donors (Lipinski definition) is 0. The quantitative estimate of drug-likeness (QED) is 0.733. The molecule has 0 aliphatic rings. The third-order valence-corrected chi connectivity index (χ3v) is 2.55. The lowest BCUT2D eigenvalue weighted by Crippen LogP contribution is -2.01. The van der Waals surface area contributed by atoms with Crippen LogP contribution >= 0.6 is 11.6 Å². The van der Waals surface area contributed by atoms with Gasteiger partial charge in [0.05, 0.1) is 10.7 Å². The second-order valence-corrected chi connectivity index (χ2v) is 3.83. The van der Waals surface area contributed by atoms with Crippen molar-refractivity contribution in [3.63, 3.8) is 0 Å². The normalized spacial score (nSPS) is 10.9. The molecule has 0 aliphatic heterocycles. The fraction of sp³-hybridized carbons (Fsp3) is 0.273. The van der Waals surface area contributed by atoms with Crippen LogP contribution in [-0.2, 0) is 6.42 Å². The molecule has 0 saturated heterocycles. The molecule has 2 aromatic rings. The molecule has 2 aromatic heterocycles. The Morgan fingerprint density at radius 1 is 1.53 bits per heavy atom. The van der Waals surface area contributed by atoms with E-state index in [2.05, 4.69) is 4.98 Å². The number of aromatic nitrogens is 2. The summed E-state index contributed by atoms with van der Waals surface area (Å²) in [5.74, 6) is 0.0154. The maximum atomic E-state index is 11.5. The van der Waals surface area contributed by atoms with Gasteiger partial charge in [-0.3, -0.25) is 9.20 Å². The Morgan fingerprint density at radius 2 is 2.27 bits per heavy atom. The highest BCUT2D eigenvalue weighted by Gasteiger charge is 2.14. The molecular formula is C11H11ClN2O. The van der Waals surface area contributed by atoms with E-state index in [0.717, 1.165) is 17.8 Å². The van der Waals surface area contributed by atoms with Crippen molar-refractivity contribution in [2.24, 2.45) is 0 Å². The molecule has 78 valence electrons. The molecule has 15 heavy (non-hydrogen) atoms. The van der Waals surface area contributed by atoms with Gasteiger partial charge in [-0.15, -0.1) is 0 Å². The Labute approximate surface area is 92.7 Å². The van der Waals surface area contributed by atoms with Gasteiger partial charge in [-0.1, -0.05) is 18.5 Å². The molecule has 0 spiro atoms. The minimum Gasteiger partial charge on any atom is -0.295 e. The molecule has 3 nitrogen and oxygen atoms in total. The first-order valence-corrected chi connectivity index (χ1v) is 5.18. The molecule has 0 aliphatic carbocycles. The van der Waals surface area contributed by atoms with Crippen LogP contribution in [-0.4, -0.2) is 15.2 Å². The maximum Gasteiger partial charge on any atom is 0.178 e. The molecule has 0 fully saturated rings. The lowest BCUT2D eigenvalue weighted by atomic mass is 10.2. The van der Waals surface area contributed by atoms with Crippen molar-refractivity contribution in [1.29, 1.82) is 0 Å². The van der Waals surface area contributed by atoms with Crippen molar-refractivity contribution in [2.75, 3.05) is 0 Å². The monoisotopic (exact) mass is 222 g/mol. The highest BCUT2D eigenvalue weighted by Crippen LogP contribution is 2.17. The summed E-state index contributed by atoms with van der Waals surface area (Å²) in [6, 6.07) is 3.58. The average Bonchev–Trinajstić information content (AvgIpc) is 2.55. The molecule has 0 N–H and O–H groups in total. The summed E-state index contributed by atoms with van der Waals surface area (Å²) in [6.07, 6.45) is 2.47. The van der Waals surface area contributed by atoms with Crippen LogP contribution in [0.3, 0.4) is 0 Å². The molecule has 0 aromatic carbocycles. The highest BCUT2D eigenvalue weighted by atomic mass is 35.5. The van der Waals surface area contributed by atoms with E-state index in [1.165, 1.54) is 0 Å². The molecule has 0 bridgehead atoms. The van der Waals surface area contributed by atoms with Gasteiger partial charge in [-0.2, -0.15) is 0 Å². The first-order chi connectivity index (χ1) is 7.13. The van der Waals surface area contributed by atoms with E-state index < -0.39 is 0 Å². The van der Waals surface area contributed by atoms with Crippen LogP contribution in [0.25, 0.3) is 5.65 Å². The number of carbonyl (C=O) groups excluding carboxylic acids is 1. The summed E-state index contributed by atoms with van der Waals surface area (Å²) in [4.78, 5) is 15.9. The molecule has 2 heterocycles. The minimum absolute atomic E-state index is 0.0154. The number of halogens is 1. The van der Waals surface area contributed by atoms with Crippen molar-refractivity contribution in [2.45, 2.75) is 20.3 Å². The van der Waals surface area contributed by atoms with Crippen molar-refractivity contribution in [3.05, 3.63) is 34.7 Å². The third kappa shape index (κ3) is 1.63. The summed E-state index contributed by atoms with van der Waals surface area (Å²) in [5.41, 5.74) is 2.22. The van der Waals surface area contributed by atoms with E-state index in [4.69, 9.17) is 11.6 Å². The van der Waals surface area contributed by atoms with Gasteiger partial charge < -0.3 is 0 Å². The predicted molar refractivity (Wildman–Crippen MR) is 59.6 cm³/mol. The van der Waals surface area contributed by atoms with Gasteiger partial charge in [0.2, 0.25) is 0 Å². The molecule has 0 radical (unpaired) electrons. The van der Waals surface area contributed by atoms with Gasteiger partial charge in [0, 0.05) is 13.1 Å². The van der Waals surface area contributed by atoms with Gasteiger partial charge in [-0.05, 0) is 18.6 Å². The van der Waals surface area contributed by atoms with Crippen molar-refractivity contribution in [1.82, 2.24) is 9.38 Å². The zero-order valence-corrected chi connectivity index (χ0v) is 9.38. The highest BCUT2D eigenvalue weighted by molar-refractivity contribution is 6.30. The van der Waals surface area contributed by atoms with E-state index >= 15 is 0 Å². The van der Waals surface area contributed by atoms with Gasteiger partial charge in [0.1, 0.15) is 11.3 Å². The van der Waals surface area contributed by atoms with E-state index in [-0.39, 0.29) is 5.78 Å². The second-order valence-electron chi connectivity index (χ2n) is 3.39. The number of aryl methyl sites for hydroxylation is 1. The summed E-state index contributed by atoms with van der Waals surface area (Å²) in [5, 5.41) is 0.602. The minimum atomic E-state index is 0.0154. The second kappa shape index (κ2) is 3.66. The van der Waals surface area contributed by atoms with Crippen LogP contribution in [0.1, 0.15) is 30.0 Å². The zero-order valence-electron chi connectivity index (χ0n) is 8.62. The molecule has 2 rings (SSSR count). The van der Waals surface area contributed by atoms with Gasteiger partial charge >= 0.3 is 0 Å². The number of pyridine rings is 1. The number of imidazole rings is 1. The summed E-state index contributed by atoms with van der Waals surface area (Å²) >= 11 is 5.89. The Kier molecular flexibility index (Phi) is 2.49. The lowest BCUT2D eigenvalue weighted by Gasteiger charge is -1.99. The molecule has 0 amide bonds. The van der Waals surface area contributed by atoms with E-state index in [1.54, 1.807) is 23.6 Å². The van der Waals surface area contributed by atoms with Crippen LogP contribution < -0.4 is 0 Å². The Bertz CT molecular complexity index is 531. The van der Waals surface area contributed by atoms with E-state index in [9.17, 15) is 4.79 Å². The van der Waals surface area contributed by atoms with Crippen LogP contribution in [0, 0.1) is 0 Å². The predicted octanol–water partition coefficient (Wildman–Crippen LogP) is 2.75. The van der Waals surface area contributed by atoms with E-state index in [1.807, 2.05) is 13.0 Å². The molecule has 0 saturated carbocycles. The third-order valence-electron chi connectivity index (χ3n) is 2.32. The first kappa shape index (κ1) is 10.2. The first-order valence-electron chi connectivity index (χ1n) is 4.81. The van der Waals surface area contributed by atoms with Crippen LogP contribution in [0.15, 0.2) is 18.3 Å². The fourth-order valence-corrected chi connectivity index (χ4v) is 1.85. The molecule has 4 heteroatoms. The number of hydrogen-bond acceptors (Lipinski definition) is 2. The van der Waals surface area contributed by atoms with Crippen molar-refractivity contribution in [3.8, 4) is 0 Å². The Morgan fingerprint density at radius 3 is 2.87 bits per heavy atom. The lowest BCUT2D eigenvalue weighted by molar-refractivity contribution is 0.101. The maximum absolute atomic E-state index is 11.5. The number of Topliss-reactive ketones (excluding diaryl/α,β-unsaturated/α-hetero) is 1. The average molecular weight is 223 g/mol. The summed E-state index contributed by atoms with van der Waals surface area (Å²) < 4.78 is 1.75. The zero-order chi connectivity index (χ0) is 11.0. The molecule has 0 atom stereocenters. The fourth-order valence-electron chi connectivity index (χ4n) is 1.69. The number of ketones is 1. The summed E-state index contributed by atoms with van der Waals surface area (Å²) in [7, 11) is 0. The van der Waals surface area contributed by atoms with Gasteiger partial charge in [0.15, 0.2) is 5.78 Å². The standard InChI is InChI=1S/C11H11ClN2O/c1-3-9-11(7(2)15)14-6-8(12)4-5-10(14)13-9/h4-6H,3H2,1-2H3. The van der Waals surface area contributed by atoms with Gasteiger partial charge in [0.25, 0.3) is 0 Å². The number of rotatable bonds is 2. The Hall–Kier alpha value is -1.35. The van der Waals surface area contributed by atoms with Gasteiger partial charge in [-0.25, -0.2) is 4.98 Å². The molecular weight excluding hydrogens is 212 g/mol. The number of nitrogens with zero attached hydrogens (tertiary/aromatic N) is 2. The Balaban J connectivity index is 2.82. The van der Waals surface area contributed by atoms with Crippen LogP contribution in [0.2, 0.25) is 5.02 Å². The van der Waals surface area contributed by atoms with Crippen LogP contribution in [0.4, 0.5) is 0 Å². The van der Waals surface area contributed by atoms with Crippen molar-refractivity contribution >= 4 is 23.0 Å². The number of fused-ring (bicyclic) bond motifs is 1. The van der Waals surface area contributed by atoms with E-state index in [0.29, 0.717) is 10.7 Å². The van der Waals surface area contributed by atoms with Crippen molar-refractivity contribution < 1.29 is 4.79 Å². The largest absolute Gasteiger partial charge is 0.295 e. The topological polar surface area (TPSA) is 34.4 Å². The number of carbonyl (C=O) groups is 1. The summed E-state index contributed by atoms with van der Waals surface area (Å²) in [6.45, 7) is 3.53. The molecule has 0 unspecified atom stereocenters. The van der Waals surface area contributed by atoms with Crippen LogP contribution in [0.5, 0.6) is 0 Å². The SMILES string of the molecule is CCc1nc2ccc(Cl)cn2c1C(C)=O. The smallest absolute Gasteiger partial charge is 0.178 e.